The third-order valence-electron chi connectivity index (χ3n) is 3.65. The number of carbonyl (C=O) groups excluding carboxylic acids is 1. The van der Waals surface area contributed by atoms with Gasteiger partial charge in [-0.15, -0.1) is 0 Å². The number of anilines is 2. The molecule has 0 spiro atoms. The van der Waals surface area contributed by atoms with Crippen molar-refractivity contribution in [2.45, 2.75) is 24.9 Å². The highest BCUT2D eigenvalue weighted by molar-refractivity contribution is 7.89. The number of benzene rings is 2. The minimum absolute atomic E-state index is 0.135. The molecule has 2 aromatic rings. The SMILES string of the molecule is Cc1ccc(NC(=O)C2Nc3ccccc3S(=O)(=O)N2)c(C)c1. The molecule has 120 valence electrons. The average Bonchev–Trinajstić information content (AvgIpc) is 2.49. The maximum atomic E-state index is 12.4. The van der Waals surface area contributed by atoms with E-state index in [0.29, 0.717) is 11.4 Å². The highest BCUT2D eigenvalue weighted by atomic mass is 32.2. The van der Waals surface area contributed by atoms with Crippen LogP contribution in [0, 0.1) is 13.8 Å². The number of carbonyl (C=O) groups is 1. The molecule has 6 nitrogen and oxygen atoms in total. The summed E-state index contributed by atoms with van der Waals surface area (Å²) in [7, 11) is -3.72. The summed E-state index contributed by atoms with van der Waals surface area (Å²) in [6, 6.07) is 12.1. The van der Waals surface area contributed by atoms with Crippen molar-refractivity contribution in [2.24, 2.45) is 0 Å². The Labute approximate surface area is 135 Å². The molecule has 0 saturated carbocycles. The van der Waals surface area contributed by atoms with Crippen LogP contribution in [-0.4, -0.2) is 20.5 Å². The molecule has 0 radical (unpaired) electrons. The van der Waals surface area contributed by atoms with Crippen LogP contribution in [0.15, 0.2) is 47.4 Å². The predicted octanol–water partition coefficient (Wildman–Crippen LogP) is 1.97. The lowest BCUT2D eigenvalue weighted by molar-refractivity contribution is -0.117. The molecule has 1 aliphatic heterocycles. The first kappa shape index (κ1) is 15.5. The Morgan fingerprint density at radius 2 is 1.87 bits per heavy atom. The van der Waals surface area contributed by atoms with Crippen LogP contribution in [0.1, 0.15) is 11.1 Å². The van der Waals surface area contributed by atoms with Crippen LogP contribution in [0.5, 0.6) is 0 Å². The lowest BCUT2D eigenvalue weighted by Gasteiger charge is -2.27. The van der Waals surface area contributed by atoms with Gasteiger partial charge >= 0.3 is 0 Å². The van der Waals surface area contributed by atoms with Crippen molar-refractivity contribution in [3.8, 4) is 0 Å². The molecule has 3 rings (SSSR count). The van der Waals surface area contributed by atoms with Gasteiger partial charge in [-0.1, -0.05) is 29.8 Å². The van der Waals surface area contributed by atoms with E-state index >= 15 is 0 Å². The summed E-state index contributed by atoms with van der Waals surface area (Å²) < 4.78 is 26.8. The Balaban J connectivity index is 1.84. The average molecular weight is 331 g/mol. The van der Waals surface area contributed by atoms with Crippen molar-refractivity contribution in [3.05, 3.63) is 53.6 Å². The molecule has 23 heavy (non-hydrogen) atoms. The molecule has 0 bridgehead atoms. The quantitative estimate of drug-likeness (QED) is 0.785. The number of sulfonamides is 1. The standard InChI is InChI=1S/C16H17N3O3S/c1-10-7-8-12(11(2)9-10)18-16(20)15-17-13-5-3-4-6-14(13)23(21,22)19-15/h3-9,15,17,19H,1-2H3,(H,18,20). The highest BCUT2D eigenvalue weighted by Crippen LogP contribution is 2.25. The van der Waals surface area contributed by atoms with E-state index in [-0.39, 0.29) is 4.90 Å². The fraction of sp³-hybridized carbons (Fsp3) is 0.188. The molecule has 0 fully saturated rings. The molecule has 1 heterocycles. The normalized spacial score (nSPS) is 18.6. The van der Waals surface area contributed by atoms with Crippen LogP contribution < -0.4 is 15.4 Å². The smallest absolute Gasteiger partial charge is 0.262 e. The van der Waals surface area contributed by atoms with Gasteiger partial charge in [0.1, 0.15) is 4.90 Å². The molecule has 3 N–H and O–H groups in total. The van der Waals surface area contributed by atoms with Gasteiger partial charge in [0.05, 0.1) is 5.69 Å². The molecule has 2 aromatic carbocycles. The van der Waals surface area contributed by atoms with E-state index < -0.39 is 22.1 Å². The summed E-state index contributed by atoms with van der Waals surface area (Å²) in [6.45, 7) is 3.85. The highest BCUT2D eigenvalue weighted by Gasteiger charge is 2.32. The van der Waals surface area contributed by atoms with Gasteiger partial charge in [0.25, 0.3) is 5.91 Å². The molecule has 1 unspecified atom stereocenters. The number of rotatable bonds is 2. The Morgan fingerprint density at radius 1 is 1.13 bits per heavy atom. The monoisotopic (exact) mass is 331 g/mol. The third kappa shape index (κ3) is 3.06. The van der Waals surface area contributed by atoms with E-state index in [0.717, 1.165) is 11.1 Å². The van der Waals surface area contributed by atoms with E-state index in [4.69, 9.17) is 0 Å². The Bertz CT molecular complexity index is 878. The topological polar surface area (TPSA) is 87.3 Å². The van der Waals surface area contributed by atoms with Gasteiger partial charge in [0.2, 0.25) is 10.0 Å². The van der Waals surface area contributed by atoms with E-state index in [9.17, 15) is 13.2 Å². The fourth-order valence-corrected chi connectivity index (χ4v) is 3.78. The van der Waals surface area contributed by atoms with E-state index in [1.54, 1.807) is 24.3 Å². The van der Waals surface area contributed by atoms with Crippen molar-refractivity contribution in [2.75, 3.05) is 10.6 Å². The third-order valence-corrected chi connectivity index (χ3v) is 5.13. The molecular formula is C16H17N3O3S. The van der Waals surface area contributed by atoms with Crippen LogP contribution in [-0.2, 0) is 14.8 Å². The van der Waals surface area contributed by atoms with Crippen LogP contribution in [0.4, 0.5) is 11.4 Å². The minimum atomic E-state index is -3.72. The summed E-state index contributed by atoms with van der Waals surface area (Å²) in [4.78, 5) is 12.5. The Kier molecular flexibility index (Phi) is 3.83. The molecule has 1 amide bonds. The zero-order valence-corrected chi connectivity index (χ0v) is 13.6. The van der Waals surface area contributed by atoms with E-state index in [2.05, 4.69) is 15.4 Å². The maximum Gasteiger partial charge on any atom is 0.262 e. The second-order valence-electron chi connectivity index (χ2n) is 5.50. The number of hydrogen-bond acceptors (Lipinski definition) is 4. The number of para-hydroxylation sites is 1. The molecular weight excluding hydrogens is 314 g/mol. The molecule has 1 atom stereocenters. The first-order chi connectivity index (χ1) is 10.9. The van der Waals surface area contributed by atoms with Crippen LogP contribution in [0.25, 0.3) is 0 Å². The fourth-order valence-electron chi connectivity index (χ4n) is 2.50. The van der Waals surface area contributed by atoms with Crippen molar-refractivity contribution in [1.29, 1.82) is 0 Å². The van der Waals surface area contributed by atoms with Gasteiger partial charge in [0.15, 0.2) is 6.17 Å². The van der Waals surface area contributed by atoms with Crippen molar-refractivity contribution in [1.82, 2.24) is 4.72 Å². The second-order valence-corrected chi connectivity index (χ2v) is 7.18. The van der Waals surface area contributed by atoms with Crippen molar-refractivity contribution in [3.63, 3.8) is 0 Å². The largest absolute Gasteiger partial charge is 0.360 e. The van der Waals surface area contributed by atoms with Crippen molar-refractivity contribution < 1.29 is 13.2 Å². The maximum absolute atomic E-state index is 12.4. The molecule has 0 aromatic heterocycles. The van der Waals surface area contributed by atoms with Gasteiger partial charge in [-0.05, 0) is 37.6 Å². The first-order valence-electron chi connectivity index (χ1n) is 7.13. The van der Waals surface area contributed by atoms with Gasteiger partial charge in [-0.3, -0.25) is 4.79 Å². The van der Waals surface area contributed by atoms with Gasteiger partial charge in [-0.25, -0.2) is 8.42 Å². The molecule has 7 heteroatoms. The number of amides is 1. The molecule has 1 aliphatic rings. The first-order valence-corrected chi connectivity index (χ1v) is 8.61. The minimum Gasteiger partial charge on any atom is -0.360 e. The summed E-state index contributed by atoms with van der Waals surface area (Å²) >= 11 is 0. The summed E-state index contributed by atoms with van der Waals surface area (Å²) in [5.74, 6) is -0.463. The molecule has 0 saturated heterocycles. The summed E-state index contributed by atoms with van der Waals surface area (Å²) in [6.07, 6.45) is -1.06. The summed E-state index contributed by atoms with van der Waals surface area (Å²) in [5, 5.41) is 5.65. The number of aryl methyl sites for hydroxylation is 2. The Hall–Kier alpha value is -2.38. The lowest BCUT2D eigenvalue weighted by Crippen LogP contribution is -2.51. The van der Waals surface area contributed by atoms with E-state index in [1.165, 1.54) is 6.07 Å². The van der Waals surface area contributed by atoms with Crippen molar-refractivity contribution >= 4 is 27.3 Å². The second kappa shape index (κ2) is 5.68. The zero-order valence-electron chi connectivity index (χ0n) is 12.8. The zero-order chi connectivity index (χ0) is 16.6. The summed E-state index contributed by atoms with van der Waals surface area (Å²) in [5.41, 5.74) is 3.07. The van der Waals surface area contributed by atoms with Crippen LogP contribution >= 0.6 is 0 Å². The number of fused-ring (bicyclic) bond motifs is 1. The number of nitrogens with one attached hydrogen (secondary N) is 3. The number of hydrogen-bond donors (Lipinski definition) is 3. The van der Waals surface area contributed by atoms with Gasteiger partial charge in [0, 0.05) is 5.69 Å². The van der Waals surface area contributed by atoms with E-state index in [1.807, 2.05) is 26.0 Å². The Morgan fingerprint density at radius 3 is 2.61 bits per heavy atom. The van der Waals surface area contributed by atoms with Crippen LogP contribution in [0.3, 0.4) is 0 Å². The van der Waals surface area contributed by atoms with Crippen LogP contribution in [0.2, 0.25) is 0 Å². The van der Waals surface area contributed by atoms with Gasteiger partial charge < -0.3 is 10.6 Å². The van der Waals surface area contributed by atoms with Gasteiger partial charge in [-0.2, -0.15) is 4.72 Å². The molecule has 0 aliphatic carbocycles. The lowest BCUT2D eigenvalue weighted by atomic mass is 10.1. The predicted molar refractivity (Wildman–Crippen MR) is 88.7 cm³/mol.